The second-order valence-electron chi connectivity index (χ2n) is 5.44. The minimum absolute atomic E-state index is 0.503. The first-order chi connectivity index (χ1) is 11.0. The molecular formula is C14H19N5O2S2. The Morgan fingerprint density at radius 3 is 2.70 bits per heavy atom. The van der Waals surface area contributed by atoms with Gasteiger partial charge < -0.3 is 15.5 Å². The molecule has 1 aromatic heterocycles. The van der Waals surface area contributed by atoms with E-state index in [0.717, 1.165) is 43.1 Å². The zero-order valence-corrected chi connectivity index (χ0v) is 14.4. The molecule has 2 aromatic rings. The highest BCUT2D eigenvalue weighted by Gasteiger charge is 2.18. The number of thiazole rings is 1. The van der Waals surface area contributed by atoms with Crippen molar-refractivity contribution in [2.75, 3.05) is 48.6 Å². The predicted octanol–water partition coefficient (Wildman–Crippen LogP) is 1.69. The van der Waals surface area contributed by atoms with Crippen molar-refractivity contribution < 1.29 is 8.76 Å². The molecule has 1 aromatic carbocycles. The van der Waals surface area contributed by atoms with Gasteiger partial charge in [0, 0.05) is 37.1 Å². The lowest BCUT2D eigenvalue weighted by Crippen LogP contribution is -2.44. The van der Waals surface area contributed by atoms with E-state index in [1.807, 2.05) is 23.6 Å². The largest absolute Gasteiger partial charge is 0.375 e. The average Bonchev–Trinajstić information content (AvgIpc) is 2.94. The van der Waals surface area contributed by atoms with E-state index in [1.54, 1.807) is 0 Å². The lowest BCUT2D eigenvalue weighted by molar-refractivity contribution is 0.313. The first-order valence-corrected chi connectivity index (χ1v) is 9.18. The third-order valence-electron chi connectivity index (χ3n) is 3.86. The van der Waals surface area contributed by atoms with E-state index in [9.17, 15) is 8.76 Å². The van der Waals surface area contributed by atoms with Crippen LogP contribution in [0.5, 0.6) is 0 Å². The molecule has 1 fully saturated rings. The van der Waals surface area contributed by atoms with E-state index < -0.39 is 11.3 Å². The lowest BCUT2D eigenvalue weighted by atomic mass is 10.1. The summed E-state index contributed by atoms with van der Waals surface area (Å²) in [6, 6.07) is 5.77. The SMILES string of the molecule is CN1CCN(c2ccc(-c3csc(N)n3)cc2NS(=O)O)CC1. The van der Waals surface area contributed by atoms with Crippen LogP contribution in [-0.4, -0.2) is 51.9 Å². The molecule has 124 valence electrons. The molecule has 0 radical (unpaired) electrons. The Kier molecular flexibility index (Phi) is 4.81. The summed E-state index contributed by atoms with van der Waals surface area (Å²) >= 11 is -0.755. The van der Waals surface area contributed by atoms with Gasteiger partial charge in [0.2, 0.25) is 0 Å². The third kappa shape index (κ3) is 3.81. The Balaban J connectivity index is 1.93. The maximum Gasteiger partial charge on any atom is 0.259 e. The Bertz CT molecular complexity index is 713. The van der Waals surface area contributed by atoms with Crippen molar-refractivity contribution in [3.05, 3.63) is 23.6 Å². The molecule has 0 bridgehead atoms. The molecule has 1 unspecified atom stereocenters. The van der Waals surface area contributed by atoms with Gasteiger partial charge in [-0.25, -0.2) is 9.19 Å². The van der Waals surface area contributed by atoms with Gasteiger partial charge in [0.1, 0.15) is 0 Å². The molecule has 0 aliphatic carbocycles. The van der Waals surface area contributed by atoms with Crippen LogP contribution in [0.2, 0.25) is 0 Å². The molecule has 0 amide bonds. The molecular weight excluding hydrogens is 334 g/mol. The fourth-order valence-corrected chi connectivity index (χ4v) is 3.54. The second-order valence-corrected chi connectivity index (χ2v) is 7.04. The van der Waals surface area contributed by atoms with Crippen LogP contribution >= 0.6 is 11.3 Å². The van der Waals surface area contributed by atoms with Crippen LogP contribution in [-0.2, 0) is 11.3 Å². The zero-order valence-electron chi connectivity index (χ0n) is 12.7. The monoisotopic (exact) mass is 353 g/mol. The molecule has 4 N–H and O–H groups in total. The van der Waals surface area contributed by atoms with Crippen LogP contribution in [0.4, 0.5) is 16.5 Å². The van der Waals surface area contributed by atoms with E-state index >= 15 is 0 Å². The summed E-state index contributed by atoms with van der Waals surface area (Å²) < 4.78 is 23.1. The fourth-order valence-electron chi connectivity index (χ4n) is 2.61. The Morgan fingerprint density at radius 2 is 2.09 bits per heavy atom. The minimum Gasteiger partial charge on any atom is -0.375 e. The van der Waals surface area contributed by atoms with Gasteiger partial charge in [-0.15, -0.1) is 11.3 Å². The Labute approximate surface area is 141 Å². The molecule has 2 heterocycles. The van der Waals surface area contributed by atoms with Crippen molar-refractivity contribution in [1.29, 1.82) is 0 Å². The topological polar surface area (TPSA) is 94.7 Å². The highest BCUT2D eigenvalue weighted by molar-refractivity contribution is 7.80. The average molecular weight is 353 g/mol. The summed E-state index contributed by atoms with van der Waals surface area (Å²) in [5.74, 6) is 0. The first-order valence-electron chi connectivity index (χ1n) is 7.19. The van der Waals surface area contributed by atoms with Gasteiger partial charge in [-0.05, 0) is 19.2 Å². The number of benzene rings is 1. The first kappa shape index (κ1) is 16.2. The molecule has 23 heavy (non-hydrogen) atoms. The molecule has 0 spiro atoms. The van der Waals surface area contributed by atoms with Crippen molar-refractivity contribution in [3.63, 3.8) is 0 Å². The maximum absolute atomic E-state index is 11.2. The molecule has 1 aliphatic rings. The van der Waals surface area contributed by atoms with Gasteiger partial charge in [0.15, 0.2) is 5.13 Å². The molecule has 7 nitrogen and oxygen atoms in total. The molecule has 9 heteroatoms. The normalized spacial score (nSPS) is 17.2. The number of anilines is 3. The molecule has 0 saturated carbocycles. The third-order valence-corrected chi connectivity index (χ3v) is 4.92. The van der Waals surface area contributed by atoms with E-state index in [1.165, 1.54) is 11.3 Å². The number of likely N-dealkylation sites (N-methyl/N-ethyl adjacent to an activating group) is 1. The number of nitrogens with zero attached hydrogens (tertiary/aromatic N) is 3. The van der Waals surface area contributed by atoms with Crippen LogP contribution in [0.1, 0.15) is 0 Å². The van der Waals surface area contributed by atoms with Gasteiger partial charge >= 0.3 is 0 Å². The van der Waals surface area contributed by atoms with Crippen LogP contribution in [0.25, 0.3) is 11.3 Å². The summed E-state index contributed by atoms with van der Waals surface area (Å²) in [5, 5.41) is 2.38. The van der Waals surface area contributed by atoms with Gasteiger partial charge in [0.05, 0.1) is 17.1 Å². The van der Waals surface area contributed by atoms with Gasteiger partial charge in [-0.3, -0.25) is 9.27 Å². The van der Waals surface area contributed by atoms with E-state index in [0.29, 0.717) is 10.8 Å². The number of nitrogens with two attached hydrogens (primary N) is 1. The number of aromatic nitrogens is 1. The smallest absolute Gasteiger partial charge is 0.259 e. The van der Waals surface area contributed by atoms with Crippen molar-refractivity contribution in [1.82, 2.24) is 9.88 Å². The molecule has 3 rings (SSSR count). The summed E-state index contributed by atoms with van der Waals surface area (Å²) in [6.07, 6.45) is 0. The maximum atomic E-state index is 11.2. The van der Waals surface area contributed by atoms with Crippen LogP contribution < -0.4 is 15.4 Å². The number of rotatable bonds is 4. The lowest BCUT2D eigenvalue weighted by Gasteiger charge is -2.35. The van der Waals surface area contributed by atoms with Crippen molar-refractivity contribution in [3.8, 4) is 11.3 Å². The van der Waals surface area contributed by atoms with E-state index in [4.69, 9.17) is 5.73 Å². The minimum atomic E-state index is -2.13. The van der Waals surface area contributed by atoms with E-state index in [2.05, 4.69) is 26.6 Å². The molecule has 1 saturated heterocycles. The van der Waals surface area contributed by atoms with Crippen molar-refractivity contribution in [2.45, 2.75) is 0 Å². The number of piperazine rings is 1. The predicted molar refractivity (Wildman–Crippen MR) is 96.1 cm³/mol. The van der Waals surface area contributed by atoms with E-state index in [-0.39, 0.29) is 0 Å². The number of nitrogens with one attached hydrogen (secondary N) is 1. The molecule has 1 aliphatic heterocycles. The summed E-state index contributed by atoms with van der Waals surface area (Å²) in [6.45, 7) is 3.69. The summed E-state index contributed by atoms with van der Waals surface area (Å²) in [5.41, 5.74) is 8.87. The quantitative estimate of drug-likeness (QED) is 0.724. The standard InChI is InChI=1S/C14H19N5O2S2/c1-18-4-6-19(7-5-18)13-3-2-10(8-11(13)17-23(20)21)12-9-22-14(15)16-12/h2-3,8-9,17H,4-7H2,1H3,(H2,15,16)(H,20,21). The summed E-state index contributed by atoms with van der Waals surface area (Å²) in [7, 11) is 2.09. The summed E-state index contributed by atoms with van der Waals surface area (Å²) in [4.78, 5) is 8.74. The van der Waals surface area contributed by atoms with Crippen LogP contribution in [0.15, 0.2) is 23.6 Å². The second kappa shape index (κ2) is 6.83. The van der Waals surface area contributed by atoms with Crippen molar-refractivity contribution >= 4 is 39.1 Å². The number of hydrogen-bond acceptors (Lipinski definition) is 6. The van der Waals surface area contributed by atoms with Gasteiger partial charge in [0.25, 0.3) is 11.3 Å². The van der Waals surface area contributed by atoms with Gasteiger partial charge in [-0.2, -0.15) is 0 Å². The zero-order chi connectivity index (χ0) is 16.4. The highest BCUT2D eigenvalue weighted by atomic mass is 32.2. The van der Waals surface area contributed by atoms with Crippen molar-refractivity contribution in [2.24, 2.45) is 0 Å². The highest BCUT2D eigenvalue weighted by Crippen LogP contribution is 2.33. The Hall–Kier alpha value is -1.68. The van der Waals surface area contributed by atoms with Crippen LogP contribution in [0, 0.1) is 0 Å². The fraction of sp³-hybridized carbons (Fsp3) is 0.357. The Morgan fingerprint density at radius 1 is 1.35 bits per heavy atom. The number of hydrogen-bond donors (Lipinski definition) is 3. The molecule has 1 atom stereocenters. The van der Waals surface area contributed by atoms with Gasteiger partial charge in [-0.1, -0.05) is 6.07 Å². The van der Waals surface area contributed by atoms with Crippen LogP contribution in [0.3, 0.4) is 0 Å². The number of nitrogen functional groups attached to an aromatic ring is 1.